The Bertz CT molecular complexity index is 1150. The fourth-order valence-corrected chi connectivity index (χ4v) is 4.38. The van der Waals surface area contributed by atoms with Crippen LogP contribution in [0.5, 0.6) is 0 Å². The van der Waals surface area contributed by atoms with Gasteiger partial charge in [-0.15, -0.1) is 0 Å². The van der Waals surface area contributed by atoms with Gasteiger partial charge < -0.3 is 19.9 Å². The van der Waals surface area contributed by atoms with Crippen LogP contribution in [0, 0.1) is 0 Å². The monoisotopic (exact) mass is 420 g/mol. The molecule has 2 amide bonds. The minimum absolute atomic E-state index is 0.161. The van der Waals surface area contributed by atoms with Crippen LogP contribution in [-0.2, 0) is 30.5 Å². The molecule has 158 valence electrons. The second kappa shape index (κ2) is 7.28. The minimum Gasteiger partial charge on any atom is -0.354 e. The highest BCUT2D eigenvalue weighted by molar-refractivity contribution is 6.53. The topological polar surface area (TPSA) is 109 Å². The molecule has 3 atom stereocenters. The van der Waals surface area contributed by atoms with Gasteiger partial charge in [0, 0.05) is 24.3 Å². The summed E-state index contributed by atoms with van der Waals surface area (Å²) in [7, 11) is 0. The van der Waals surface area contributed by atoms with Gasteiger partial charge in [-0.3, -0.25) is 24.2 Å². The van der Waals surface area contributed by atoms with E-state index in [0.717, 1.165) is 16.5 Å². The van der Waals surface area contributed by atoms with Crippen LogP contribution in [0.3, 0.4) is 0 Å². The van der Waals surface area contributed by atoms with Crippen molar-refractivity contribution in [3.8, 4) is 0 Å². The Morgan fingerprint density at radius 2 is 2.03 bits per heavy atom. The number of aromatic nitrogens is 1. The maximum absolute atomic E-state index is 12.8. The van der Waals surface area contributed by atoms with Crippen molar-refractivity contribution in [1.29, 1.82) is 0 Å². The Balaban J connectivity index is 1.37. The first-order valence-electron chi connectivity index (χ1n) is 10.1. The van der Waals surface area contributed by atoms with E-state index in [-0.39, 0.29) is 24.7 Å². The van der Waals surface area contributed by atoms with Crippen LogP contribution in [0.15, 0.2) is 48.3 Å². The molecule has 2 saturated heterocycles. The third kappa shape index (κ3) is 3.09. The lowest BCUT2D eigenvalue weighted by molar-refractivity contribution is -0.159. The van der Waals surface area contributed by atoms with Crippen LogP contribution < -0.4 is 5.32 Å². The van der Waals surface area contributed by atoms with Crippen LogP contribution in [-0.4, -0.2) is 69.6 Å². The lowest BCUT2D eigenvalue weighted by Crippen LogP contribution is -2.65. The van der Waals surface area contributed by atoms with Crippen LogP contribution in [0.2, 0.25) is 0 Å². The van der Waals surface area contributed by atoms with E-state index in [0.29, 0.717) is 6.61 Å². The van der Waals surface area contributed by atoms with Crippen LogP contribution in [0.1, 0.15) is 12.5 Å². The number of benzene rings is 1. The van der Waals surface area contributed by atoms with Gasteiger partial charge in [-0.2, -0.15) is 0 Å². The molecule has 0 saturated carbocycles. The molecule has 3 aliphatic rings. The molecule has 4 heterocycles. The maximum Gasteiger partial charge on any atom is 0.257 e. The normalized spacial score (nSPS) is 25.4. The van der Waals surface area contributed by atoms with Gasteiger partial charge in [0.25, 0.3) is 11.8 Å². The number of hydrogen-bond acceptors (Lipinski definition) is 7. The summed E-state index contributed by atoms with van der Waals surface area (Å²) in [5, 5.41) is 3.60. The van der Waals surface area contributed by atoms with Crippen molar-refractivity contribution in [2.75, 3.05) is 13.2 Å². The average Bonchev–Trinajstić information content (AvgIpc) is 3.15. The van der Waals surface area contributed by atoms with Crippen molar-refractivity contribution in [3.05, 3.63) is 53.9 Å². The molecule has 0 radical (unpaired) electrons. The molecule has 9 nitrogen and oxygen atoms in total. The molecule has 3 aliphatic heterocycles. The molecule has 2 aromatic rings. The van der Waals surface area contributed by atoms with Gasteiger partial charge in [0.15, 0.2) is 6.04 Å². The van der Waals surface area contributed by atoms with Gasteiger partial charge in [0.1, 0.15) is 11.8 Å². The number of ketones is 2. The summed E-state index contributed by atoms with van der Waals surface area (Å²) in [6, 6.07) is 7.92. The highest BCUT2D eigenvalue weighted by Gasteiger charge is 2.52. The first-order chi connectivity index (χ1) is 15.0. The zero-order valence-electron chi connectivity index (χ0n) is 16.8. The average molecular weight is 420 g/mol. The summed E-state index contributed by atoms with van der Waals surface area (Å²) in [5.74, 6) is -2.95. The zero-order valence-corrected chi connectivity index (χ0v) is 16.8. The molecular weight excluding hydrogens is 400 g/mol. The predicted molar refractivity (Wildman–Crippen MR) is 108 cm³/mol. The van der Waals surface area contributed by atoms with Crippen molar-refractivity contribution in [1.82, 2.24) is 20.1 Å². The fraction of sp³-hybridized carbons (Fsp3) is 0.318. The van der Waals surface area contributed by atoms with Crippen LogP contribution in [0.25, 0.3) is 10.9 Å². The summed E-state index contributed by atoms with van der Waals surface area (Å²) < 4.78 is 5.62. The predicted octanol–water partition coefficient (Wildman–Crippen LogP) is 0.144. The molecule has 2 fully saturated rings. The van der Waals surface area contributed by atoms with E-state index in [1.165, 1.54) is 16.0 Å². The Kier molecular flexibility index (Phi) is 4.55. The molecule has 5 rings (SSSR count). The number of ether oxygens (including phenoxy) is 1. The second-order valence-corrected chi connectivity index (χ2v) is 7.89. The highest BCUT2D eigenvalue weighted by Crippen LogP contribution is 2.29. The Labute approximate surface area is 177 Å². The summed E-state index contributed by atoms with van der Waals surface area (Å²) in [6.07, 6.45) is 2.47. The standard InChI is InChI=1S/C22H20N4O5/c1-12-11-31-17-10-25-9-15(19(27)20(28)18(25)22(30)26(12)17)21(29)24-8-13-6-7-23-16-5-3-2-4-14(13)16/h2-7,9,12,17-18H,8,10-11H2,1H3,(H,24,29)/t12-,17+,18?/m0/s1. The molecule has 0 aliphatic carbocycles. The smallest absolute Gasteiger partial charge is 0.257 e. The molecule has 1 N–H and O–H groups in total. The van der Waals surface area contributed by atoms with E-state index in [9.17, 15) is 19.2 Å². The number of rotatable bonds is 3. The van der Waals surface area contributed by atoms with E-state index in [1.54, 1.807) is 12.3 Å². The van der Waals surface area contributed by atoms with Crippen molar-refractivity contribution in [2.24, 2.45) is 0 Å². The molecule has 1 aromatic carbocycles. The third-order valence-corrected chi connectivity index (χ3v) is 5.94. The van der Waals surface area contributed by atoms with E-state index in [2.05, 4.69) is 10.3 Å². The molecular formula is C22H20N4O5. The number of nitrogens with zero attached hydrogens (tertiary/aromatic N) is 3. The first kappa shape index (κ1) is 19.4. The number of hydrogen-bond donors (Lipinski definition) is 1. The summed E-state index contributed by atoms with van der Waals surface area (Å²) >= 11 is 0. The van der Waals surface area contributed by atoms with Gasteiger partial charge in [0.2, 0.25) is 11.6 Å². The van der Waals surface area contributed by atoms with Gasteiger partial charge >= 0.3 is 0 Å². The van der Waals surface area contributed by atoms with Crippen molar-refractivity contribution < 1.29 is 23.9 Å². The second-order valence-electron chi connectivity index (χ2n) is 7.89. The van der Waals surface area contributed by atoms with Crippen molar-refractivity contribution >= 4 is 34.3 Å². The molecule has 0 bridgehead atoms. The Morgan fingerprint density at radius 1 is 1.23 bits per heavy atom. The number of carbonyl (C=O) groups is 4. The van der Waals surface area contributed by atoms with Crippen LogP contribution >= 0.6 is 0 Å². The summed E-state index contributed by atoms with van der Waals surface area (Å²) in [6.45, 7) is 2.60. The van der Waals surface area contributed by atoms with E-state index < -0.39 is 35.7 Å². The largest absolute Gasteiger partial charge is 0.354 e. The van der Waals surface area contributed by atoms with Gasteiger partial charge in [-0.25, -0.2) is 0 Å². The molecule has 9 heteroatoms. The first-order valence-corrected chi connectivity index (χ1v) is 10.1. The third-order valence-electron chi connectivity index (χ3n) is 5.94. The fourth-order valence-electron chi connectivity index (χ4n) is 4.38. The quantitative estimate of drug-likeness (QED) is 0.428. The molecule has 1 aromatic heterocycles. The zero-order chi connectivity index (χ0) is 21.7. The molecule has 0 spiro atoms. The van der Waals surface area contributed by atoms with E-state index in [4.69, 9.17) is 4.74 Å². The number of piperazine rings is 1. The Morgan fingerprint density at radius 3 is 2.87 bits per heavy atom. The SMILES string of the molecule is C[C@H]1CO[C@@H]2CN3C=C(C(=O)NCc4ccnc5ccccc45)C(=O)C(=O)C3C(=O)N12. The van der Waals surface area contributed by atoms with Gasteiger partial charge in [-0.05, 0) is 24.6 Å². The number of carbonyl (C=O) groups excluding carboxylic acids is 4. The van der Waals surface area contributed by atoms with Gasteiger partial charge in [-0.1, -0.05) is 18.2 Å². The lowest BCUT2D eigenvalue weighted by atomic mass is 9.93. The summed E-state index contributed by atoms with van der Waals surface area (Å²) in [5.41, 5.74) is 1.36. The number of para-hydroxylation sites is 1. The number of pyridine rings is 1. The molecule has 31 heavy (non-hydrogen) atoms. The lowest BCUT2D eigenvalue weighted by Gasteiger charge is -2.43. The van der Waals surface area contributed by atoms with Crippen LogP contribution in [0.4, 0.5) is 0 Å². The number of Topliss-reactive ketones (excluding diaryl/α,β-unsaturated/α-hetero) is 2. The van der Waals surface area contributed by atoms with Gasteiger partial charge in [0.05, 0.1) is 24.7 Å². The van der Waals surface area contributed by atoms with E-state index in [1.807, 2.05) is 31.2 Å². The summed E-state index contributed by atoms with van der Waals surface area (Å²) in [4.78, 5) is 58.2. The maximum atomic E-state index is 12.8. The number of fused-ring (bicyclic) bond motifs is 3. The van der Waals surface area contributed by atoms with E-state index >= 15 is 0 Å². The highest BCUT2D eigenvalue weighted by atomic mass is 16.5. The molecule has 1 unspecified atom stereocenters. The van der Waals surface area contributed by atoms with Crippen molar-refractivity contribution in [2.45, 2.75) is 31.8 Å². The Hall–Kier alpha value is -3.59. The number of amides is 2. The van der Waals surface area contributed by atoms with Crippen molar-refractivity contribution in [3.63, 3.8) is 0 Å². The number of nitrogens with one attached hydrogen (secondary N) is 1. The minimum atomic E-state index is -1.23.